The van der Waals surface area contributed by atoms with Crippen molar-refractivity contribution in [2.45, 2.75) is 6.10 Å². The fraction of sp³-hybridized carbons (Fsp3) is 0.167. The molecule has 1 aromatic heterocycles. The van der Waals surface area contributed by atoms with Crippen LogP contribution in [0.2, 0.25) is 0 Å². The summed E-state index contributed by atoms with van der Waals surface area (Å²) in [4.78, 5) is 15.3. The van der Waals surface area contributed by atoms with E-state index in [1.54, 1.807) is 37.4 Å². The van der Waals surface area contributed by atoms with E-state index >= 15 is 0 Å². The summed E-state index contributed by atoms with van der Waals surface area (Å²) in [5.74, 6) is 0.459. The van der Waals surface area contributed by atoms with Crippen molar-refractivity contribution in [1.82, 2.24) is 10.3 Å². The number of benzene rings is 2. The number of methoxy groups -OCH3 is 1. The molecule has 0 radical (unpaired) electrons. The van der Waals surface area contributed by atoms with E-state index in [1.807, 2.05) is 24.4 Å². The van der Waals surface area contributed by atoms with Gasteiger partial charge in [0.15, 0.2) is 0 Å². The lowest BCUT2D eigenvalue weighted by molar-refractivity contribution is 0.0916. The summed E-state index contributed by atoms with van der Waals surface area (Å²) in [5, 5.41) is 13.9. The van der Waals surface area contributed by atoms with E-state index in [9.17, 15) is 9.90 Å². The molecule has 0 spiro atoms. The zero-order valence-corrected chi connectivity index (χ0v) is 12.7. The van der Waals surface area contributed by atoms with E-state index in [4.69, 9.17) is 4.74 Å². The highest BCUT2D eigenvalue weighted by Gasteiger charge is 2.12. The van der Waals surface area contributed by atoms with Crippen LogP contribution in [-0.4, -0.2) is 29.7 Å². The van der Waals surface area contributed by atoms with Crippen molar-refractivity contribution < 1.29 is 14.6 Å². The molecule has 2 aromatic carbocycles. The van der Waals surface area contributed by atoms with Gasteiger partial charge in [-0.1, -0.05) is 12.1 Å². The van der Waals surface area contributed by atoms with Gasteiger partial charge in [0, 0.05) is 29.2 Å². The Morgan fingerprint density at radius 1 is 1.26 bits per heavy atom. The number of hydrogen-bond donors (Lipinski definition) is 3. The number of carbonyl (C=O) groups is 1. The largest absolute Gasteiger partial charge is 0.497 e. The zero-order chi connectivity index (χ0) is 16.2. The van der Waals surface area contributed by atoms with Gasteiger partial charge in [-0.15, -0.1) is 0 Å². The molecule has 3 rings (SSSR count). The number of rotatable bonds is 5. The molecule has 1 amide bonds. The predicted octanol–water partition coefficient (Wildman–Crippen LogP) is 2.64. The fourth-order valence-corrected chi connectivity index (χ4v) is 2.45. The number of aliphatic hydroxyl groups is 1. The number of hydrogen-bond acceptors (Lipinski definition) is 3. The van der Waals surface area contributed by atoms with E-state index in [-0.39, 0.29) is 12.5 Å². The van der Waals surface area contributed by atoms with Crippen molar-refractivity contribution in [3.63, 3.8) is 0 Å². The van der Waals surface area contributed by atoms with Crippen LogP contribution < -0.4 is 10.1 Å². The van der Waals surface area contributed by atoms with Gasteiger partial charge in [-0.2, -0.15) is 0 Å². The van der Waals surface area contributed by atoms with Gasteiger partial charge in [-0.3, -0.25) is 4.79 Å². The minimum Gasteiger partial charge on any atom is -0.497 e. The van der Waals surface area contributed by atoms with E-state index < -0.39 is 6.10 Å². The average molecular weight is 310 g/mol. The number of nitrogens with one attached hydrogen (secondary N) is 2. The number of aromatic nitrogens is 1. The molecule has 1 heterocycles. The molecule has 1 unspecified atom stereocenters. The van der Waals surface area contributed by atoms with Crippen LogP contribution in [-0.2, 0) is 0 Å². The molecule has 0 aliphatic rings. The van der Waals surface area contributed by atoms with Crippen LogP contribution in [0, 0.1) is 0 Å². The van der Waals surface area contributed by atoms with E-state index in [1.165, 1.54) is 0 Å². The second-order valence-corrected chi connectivity index (χ2v) is 5.28. The number of amides is 1. The highest BCUT2D eigenvalue weighted by Crippen LogP contribution is 2.19. The maximum absolute atomic E-state index is 12.2. The SMILES string of the molecule is COc1cccc(C(O)CNC(=O)c2ccc3[nH]ccc3c2)c1. The summed E-state index contributed by atoms with van der Waals surface area (Å²) in [5.41, 5.74) is 2.25. The number of aromatic amines is 1. The average Bonchev–Trinajstić information content (AvgIpc) is 3.07. The Labute approximate surface area is 133 Å². The number of aliphatic hydroxyl groups excluding tert-OH is 1. The molecule has 5 heteroatoms. The molecule has 0 aliphatic heterocycles. The highest BCUT2D eigenvalue weighted by molar-refractivity contribution is 5.98. The molecule has 5 nitrogen and oxygen atoms in total. The second kappa shape index (κ2) is 6.54. The minimum absolute atomic E-state index is 0.136. The molecule has 3 N–H and O–H groups in total. The number of H-pyrrole nitrogens is 1. The van der Waals surface area contributed by atoms with Crippen molar-refractivity contribution >= 4 is 16.8 Å². The Kier molecular flexibility index (Phi) is 4.30. The van der Waals surface area contributed by atoms with Gasteiger partial charge in [0.1, 0.15) is 5.75 Å². The van der Waals surface area contributed by atoms with E-state index in [0.29, 0.717) is 16.9 Å². The third kappa shape index (κ3) is 3.35. The molecule has 0 saturated carbocycles. The first-order valence-corrected chi connectivity index (χ1v) is 7.35. The van der Waals surface area contributed by atoms with Crippen molar-refractivity contribution in [1.29, 1.82) is 0 Å². The molecule has 3 aromatic rings. The van der Waals surface area contributed by atoms with Crippen molar-refractivity contribution in [2.24, 2.45) is 0 Å². The van der Waals surface area contributed by atoms with Crippen molar-refractivity contribution in [3.8, 4) is 5.75 Å². The first-order chi connectivity index (χ1) is 11.2. The summed E-state index contributed by atoms with van der Waals surface area (Å²) in [6.07, 6.45) is 1.05. The second-order valence-electron chi connectivity index (χ2n) is 5.28. The summed E-state index contributed by atoms with van der Waals surface area (Å²) in [6.45, 7) is 0.136. The first-order valence-electron chi connectivity index (χ1n) is 7.35. The first kappa shape index (κ1) is 15.1. The number of fused-ring (bicyclic) bond motifs is 1. The zero-order valence-electron chi connectivity index (χ0n) is 12.7. The molecule has 0 aliphatic carbocycles. The van der Waals surface area contributed by atoms with Gasteiger partial charge in [0.25, 0.3) is 5.91 Å². The van der Waals surface area contributed by atoms with Gasteiger partial charge >= 0.3 is 0 Å². The molecule has 23 heavy (non-hydrogen) atoms. The third-order valence-corrected chi connectivity index (χ3v) is 3.75. The quantitative estimate of drug-likeness (QED) is 0.678. The lowest BCUT2D eigenvalue weighted by Gasteiger charge is -2.13. The summed E-state index contributed by atoms with van der Waals surface area (Å²) < 4.78 is 5.13. The van der Waals surface area contributed by atoms with Gasteiger partial charge in [0.05, 0.1) is 13.2 Å². The normalized spacial score (nSPS) is 12.1. The molecular formula is C18H18N2O3. The van der Waals surface area contributed by atoms with Crippen LogP contribution in [0.15, 0.2) is 54.7 Å². The molecule has 0 bridgehead atoms. The van der Waals surface area contributed by atoms with Crippen LogP contribution in [0.1, 0.15) is 22.0 Å². The smallest absolute Gasteiger partial charge is 0.251 e. The van der Waals surface area contributed by atoms with Crippen LogP contribution in [0.3, 0.4) is 0 Å². The lowest BCUT2D eigenvalue weighted by atomic mass is 10.1. The highest BCUT2D eigenvalue weighted by atomic mass is 16.5. The number of ether oxygens (including phenoxy) is 1. The van der Waals surface area contributed by atoms with E-state index in [2.05, 4.69) is 10.3 Å². The Balaban J connectivity index is 1.65. The Hall–Kier alpha value is -2.79. The maximum Gasteiger partial charge on any atom is 0.251 e. The maximum atomic E-state index is 12.2. The van der Waals surface area contributed by atoms with Gasteiger partial charge in [0.2, 0.25) is 0 Å². The third-order valence-electron chi connectivity index (χ3n) is 3.75. The van der Waals surface area contributed by atoms with Crippen molar-refractivity contribution in [3.05, 3.63) is 65.9 Å². The van der Waals surface area contributed by atoms with Crippen LogP contribution >= 0.6 is 0 Å². The standard InChI is InChI=1S/C18H18N2O3/c1-23-15-4-2-3-13(10-15)17(21)11-20-18(22)14-5-6-16-12(9-14)7-8-19-16/h2-10,17,19,21H,11H2,1H3,(H,20,22). The Bertz CT molecular complexity index is 826. The lowest BCUT2D eigenvalue weighted by Crippen LogP contribution is -2.28. The summed E-state index contributed by atoms with van der Waals surface area (Å²) in [6, 6.07) is 14.5. The van der Waals surface area contributed by atoms with Gasteiger partial charge in [-0.05, 0) is 42.0 Å². The van der Waals surface area contributed by atoms with Crippen molar-refractivity contribution in [2.75, 3.05) is 13.7 Å². The molecular weight excluding hydrogens is 292 g/mol. The summed E-state index contributed by atoms with van der Waals surface area (Å²) >= 11 is 0. The minimum atomic E-state index is -0.787. The number of carbonyl (C=O) groups excluding carboxylic acids is 1. The van der Waals surface area contributed by atoms with Crippen LogP contribution in [0.5, 0.6) is 5.75 Å². The molecule has 118 valence electrons. The van der Waals surface area contributed by atoms with Gasteiger partial charge in [-0.25, -0.2) is 0 Å². The fourth-order valence-electron chi connectivity index (χ4n) is 2.45. The predicted molar refractivity (Wildman–Crippen MR) is 88.6 cm³/mol. The topological polar surface area (TPSA) is 74.3 Å². The van der Waals surface area contributed by atoms with Gasteiger partial charge < -0.3 is 20.1 Å². The molecule has 0 saturated heterocycles. The molecule has 1 atom stereocenters. The van der Waals surface area contributed by atoms with E-state index in [0.717, 1.165) is 10.9 Å². The van der Waals surface area contributed by atoms with Crippen LogP contribution in [0.4, 0.5) is 0 Å². The molecule has 0 fully saturated rings. The monoisotopic (exact) mass is 310 g/mol. The Morgan fingerprint density at radius 2 is 2.13 bits per heavy atom. The Morgan fingerprint density at radius 3 is 2.96 bits per heavy atom. The van der Waals surface area contributed by atoms with Crippen LogP contribution in [0.25, 0.3) is 10.9 Å². The summed E-state index contributed by atoms with van der Waals surface area (Å²) in [7, 11) is 1.57.